The maximum absolute atomic E-state index is 13.3. The van der Waals surface area contributed by atoms with Crippen molar-refractivity contribution in [1.82, 2.24) is 10.2 Å². The van der Waals surface area contributed by atoms with Crippen LogP contribution in [0.25, 0.3) is 0 Å². The van der Waals surface area contributed by atoms with Gasteiger partial charge in [0, 0.05) is 13.0 Å². The topological polar surface area (TPSA) is 95.9 Å². The third-order valence-corrected chi connectivity index (χ3v) is 3.11. The molecule has 1 fully saturated rings. The number of rotatable bonds is 4. The number of alkyl halides is 2. The molecule has 1 atom stereocenters. The highest BCUT2D eigenvalue weighted by Gasteiger charge is 2.38. The van der Waals surface area contributed by atoms with Gasteiger partial charge in [0.1, 0.15) is 11.6 Å². The Balaban J connectivity index is 2.63. The number of carbonyl (C=O) groups excluding carboxylic acids is 2. The number of hydrogen-bond donors (Lipinski definition) is 2. The molecular formula is C14H22F2N2O5. The van der Waals surface area contributed by atoms with Crippen molar-refractivity contribution in [2.24, 2.45) is 0 Å². The van der Waals surface area contributed by atoms with Gasteiger partial charge in [-0.3, -0.25) is 4.79 Å². The summed E-state index contributed by atoms with van der Waals surface area (Å²) in [6, 6.07) is -1.53. The quantitative estimate of drug-likeness (QED) is 0.813. The Morgan fingerprint density at radius 3 is 2.43 bits per heavy atom. The lowest BCUT2D eigenvalue weighted by Crippen LogP contribution is -2.50. The Labute approximate surface area is 133 Å². The van der Waals surface area contributed by atoms with E-state index >= 15 is 0 Å². The number of nitrogens with zero attached hydrogens (tertiary/aromatic N) is 1. The van der Waals surface area contributed by atoms with Crippen LogP contribution in [0.3, 0.4) is 0 Å². The van der Waals surface area contributed by atoms with Crippen molar-refractivity contribution < 1.29 is 33.0 Å². The number of alkyl carbamates (subject to hydrolysis) is 1. The smallest absolute Gasteiger partial charge is 0.408 e. The first kappa shape index (κ1) is 19.1. The average Bonchev–Trinajstić information content (AvgIpc) is 2.34. The highest BCUT2D eigenvalue weighted by atomic mass is 19.3. The summed E-state index contributed by atoms with van der Waals surface area (Å²) in [5, 5.41) is 11.1. The van der Waals surface area contributed by atoms with Gasteiger partial charge in [0.15, 0.2) is 0 Å². The van der Waals surface area contributed by atoms with Gasteiger partial charge in [-0.15, -0.1) is 0 Å². The molecule has 0 radical (unpaired) electrons. The van der Waals surface area contributed by atoms with Gasteiger partial charge in [-0.1, -0.05) is 0 Å². The summed E-state index contributed by atoms with van der Waals surface area (Å²) in [5.41, 5.74) is -0.827. The normalized spacial score (nSPS) is 18.9. The summed E-state index contributed by atoms with van der Waals surface area (Å²) in [6.45, 7) is 4.22. The molecule has 1 aliphatic heterocycles. The van der Waals surface area contributed by atoms with E-state index in [0.717, 1.165) is 4.90 Å². The van der Waals surface area contributed by atoms with E-state index < -0.39 is 48.5 Å². The molecule has 1 heterocycles. The second kappa shape index (κ2) is 7.10. The molecule has 2 N–H and O–H groups in total. The molecule has 0 spiro atoms. The number of piperidine rings is 1. The average molecular weight is 336 g/mol. The van der Waals surface area contributed by atoms with E-state index in [2.05, 4.69) is 5.32 Å². The first-order chi connectivity index (χ1) is 10.4. The van der Waals surface area contributed by atoms with E-state index in [0.29, 0.717) is 0 Å². The first-order valence-corrected chi connectivity index (χ1v) is 7.27. The number of aliphatic carboxylic acids is 1. The molecule has 23 heavy (non-hydrogen) atoms. The number of ether oxygens (including phenoxy) is 1. The number of hydrogen-bond acceptors (Lipinski definition) is 4. The molecule has 0 bridgehead atoms. The predicted octanol–water partition coefficient (Wildman–Crippen LogP) is 1.61. The summed E-state index contributed by atoms with van der Waals surface area (Å²) in [4.78, 5) is 35.7. The Morgan fingerprint density at radius 1 is 1.35 bits per heavy atom. The second-order valence-corrected chi connectivity index (χ2v) is 6.52. The molecule has 0 aromatic heterocycles. The van der Waals surface area contributed by atoms with Crippen LogP contribution in [0.1, 0.15) is 40.0 Å². The largest absolute Gasteiger partial charge is 0.480 e. The zero-order chi connectivity index (χ0) is 17.8. The minimum Gasteiger partial charge on any atom is -0.480 e. The van der Waals surface area contributed by atoms with Crippen LogP contribution in [0.4, 0.5) is 13.6 Å². The maximum atomic E-state index is 13.3. The molecule has 0 aromatic rings. The Morgan fingerprint density at radius 2 is 1.96 bits per heavy atom. The predicted molar refractivity (Wildman–Crippen MR) is 76.2 cm³/mol. The van der Waals surface area contributed by atoms with Gasteiger partial charge < -0.3 is 20.1 Å². The summed E-state index contributed by atoms with van der Waals surface area (Å²) >= 11 is 0. The molecule has 0 aliphatic carbocycles. The first-order valence-electron chi connectivity index (χ1n) is 7.27. The third kappa shape index (κ3) is 6.79. The Bertz CT molecular complexity index is 476. The highest BCUT2D eigenvalue weighted by Crippen LogP contribution is 2.26. The van der Waals surface area contributed by atoms with Gasteiger partial charge in [0.25, 0.3) is 5.92 Å². The van der Waals surface area contributed by atoms with Crippen LogP contribution < -0.4 is 5.32 Å². The fourth-order valence-corrected chi connectivity index (χ4v) is 2.13. The number of carboxylic acids is 1. The number of carboxylic acid groups (broad SMARTS) is 1. The summed E-state index contributed by atoms with van der Waals surface area (Å²) in [6.07, 6.45) is -1.74. The van der Waals surface area contributed by atoms with E-state index in [4.69, 9.17) is 9.84 Å². The van der Waals surface area contributed by atoms with Crippen LogP contribution in [-0.2, 0) is 14.3 Å². The number of likely N-dealkylation sites (tertiary alicyclic amines) is 1. The molecule has 2 amide bonds. The van der Waals surface area contributed by atoms with Crippen LogP contribution >= 0.6 is 0 Å². The Kier molecular flexibility index (Phi) is 5.90. The molecule has 0 unspecified atom stereocenters. The summed E-state index contributed by atoms with van der Waals surface area (Å²) in [5.74, 6) is -5.15. The van der Waals surface area contributed by atoms with Gasteiger partial charge in [0.2, 0.25) is 5.91 Å². The van der Waals surface area contributed by atoms with Crippen LogP contribution in [0.2, 0.25) is 0 Å². The van der Waals surface area contributed by atoms with Crippen LogP contribution in [0.15, 0.2) is 0 Å². The lowest BCUT2D eigenvalue weighted by atomic mass is 10.1. The van der Waals surface area contributed by atoms with Crippen LogP contribution in [0.5, 0.6) is 0 Å². The van der Waals surface area contributed by atoms with Gasteiger partial charge in [-0.2, -0.15) is 0 Å². The highest BCUT2D eigenvalue weighted by molar-refractivity contribution is 5.87. The van der Waals surface area contributed by atoms with E-state index in [1.54, 1.807) is 20.8 Å². The summed E-state index contributed by atoms with van der Waals surface area (Å²) in [7, 11) is 0. The number of nitrogens with one attached hydrogen (secondary N) is 1. The molecule has 1 aliphatic rings. The Hall–Kier alpha value is -1.93. The van der Waals surface area contributed by atoms with Crippen molar-refractivity contribution in [3.8, 4) is 0 Å². The van der Waals surface area contributed by atoms with Crippen molar-refractivity contribution in [2.75, 3.05) is 13.1 Å². The fraction of sp³-hybridized carbons (Fsp3) is 0.786. The number of carbonyl (C=O) groups is 3. The molecule has 132 valence electrons. The van der Waals surface area contributed by atoms with Crippen LogP contribution in [0, 0.1) is 0 Å². The fourth-order valence-electron chi connectivity index (χ4n) is 2.13. The SMILES string of the molecule is CC(C)(C)OC(=O)N[C@@H](CC(=O)N1CCCC(F)(F)C1)C(=O)O. The van der Waals surface area contributed by atoms with E-state index in [1.165, 1.54) is 0 Å². The lowest BCUT2D eigenvalue weighted by Gasteiger charge is -2.33. The monoisotopic (exact) mass is 336 g/mol. The molecule has 9 heteroatoms. The van der Waals surface area contributed by atoms with Crippen molar-refractivity contribution in [1.29, 1.82) is 0 Å². The number of amides is 2. The molecule has 0 aromatic carbocycles. The van der Waals surface area contributed by atoms with Crippen molar-refractivity contribution >= 4 is 18.0 Å². The van der Waals surface area contributed by atoms with Crippen LogP contribution in [-0.4, -0.2) is 58.6 Å². The molecule has 1 rings (SSSR count). The molecule has 0 saturated carbocycles. The van der Waals surface area contributed by atoms with Gasteiger partial charge in [-0.05, 0) is 27.2 Å². The molecule has 7 nitrogen and oxygen atoms in total. The van der Waals surface area contributed by atoms with Crippen molar-refractivity contribution in [2.45, 2.75) is 57.6 Å². The van der Waals surface area contributed by atoms with Crippen molar-refractivity contribution in [3.63, 3.8) is 0 Å². The summed E-state index contributed by atoms with van der Waals surface area (Å²) < 4.78 is 31.5. The zero-order valence-electron chi connectivity index (χ0n) is 13.4. The minimum atomic E-state index is -2.97. The van der Waals surface area contributed by atoms with E-state index in [9.17, 15) is 23.2 Å². The van der Waals surface area contributed by atoms with Crippen molar-refractivity contribution in [3.05, 3.63) is 0 Å². The maximum Gasteiger partial charge on any atom is 0.408 e. The van der Waals surface area contributed by atoms with E-state index in [1.807, 2.05) is 0 Å². The standard InChI is InChI=1S/C14H22F2N2O5/c1-13(2,3)23-12(22)17-9(11(20)21)7-10(19)18-6-4-5-14(15,16)8-18/h9H,4-8H2,1-3H3,(H,17,22)(H,20,21)/t9-/m0/s1. The second-order valence-electron chi connectivity index (χ2n) is 6.52. The molecular weight excluding hydrogens is 314 g/mol. The third-order valence-electron chi connectivity index (χ3n) is 3.11. The minimum absolute atomic E-state index is 0.146. The molecule has 1 saturated heterocycles. The number of halogens is 2. The van der Waals surface area contributed by atoms with Gasteiger partial charge >= 0.3 is 12.1 Å². The zero-order valence-corrected chi connectivity index (χ0v) is 13.4. The van der Waals surface area contributed by atoms with Gasteiger partial charge in [0.05, 0.1) is 13.0 Å². The lowest BCUT2D eigenvalue weighted by molar-refractivity contribution is -0.147. The van der Waals surface area contributed by atoms with E-state index in [-0.39, 0.29) is 19.4 Å². The van der Waals surface area contributed by atoms with Gasteiger partial charge in [-0.25, -0.2) is 18.4 Å².